The van der Waals surface area contributed by atoms with E-state index in [1.165, 1.54) is 11.3 Å². The van der Waals surface area contributed by atoms with Crippen molar-refractivity contribution in [1.82, 2.24) is 0 Å². The molecule has 0 fully saturated rings. The molecule has 1 N–H and O–H groups in total. The number of carbonyl (C=O) groups is 2. The third-order valence-electron chi connectivity index (χ3n) is 2.80. The first-order valence-corrected chi connectivity index (χ1v) is 6.80. The summed E-state index contributed by atoms with van der Waals surface area (Å²) in [5, 5.41) is 9.14. The Labute approximate surface area is 123 Å². The molecule has 21 heavy (non-hydrogen) atoms. The molecule has 0 amide bonds. The molecule has 0 saturated carbocycles. The molecule has 0 aliphatic heterocycles. The van der Waals surface area contributed by atoms with Crippen molar-refractivity contribution in [3.63, 3.8) is 0 Å². The van der Waals surface area contributed by atoms with Crippen molar-refractivity contribution < 1.29 is 32.6 Å². The first-order chi connectivity index (χ1) is 9.44. The maximum Gasteiger partial charge on any atom is 0.417 e. The lowest BCUT2D eigenvalue weighted by atomic mass is 10.0. The van der Waals surface area contributed by atoms with Crippen LogP contribution in [-0.4, -0.2) is 35.2 Å². The van der Waals surface area contributed by atoms with Crippen LogP contribution in [0.4, 0.5) is 13.2 Å². The number of hydrogen-bond donors (Lipinski definition) is 1. The summed E-state index contributed by atoms with van der Waals surface area (Å²) in [6.45, 7) is 3.36. The molecule has 0 unspecified atom stereocenters. The molecule has 4 nitrogen and oxygen atoms in total. The zero-order valence-corrected chi connectivity index (χ0v) is 12.5. The van der Waals surface area contributed by atoms with Gasteiger partial charge in [0.25, 0.3) is 0 Å². The highest BCUT2D eigenvalue weighted by molar-refractivity contribution is 7.12. The van der Waals surface area contributed by atoms with Gasteiger partial charge in [0.05, 0.1) is 6.42 Å². The number of carbonyl (C=O) groups excluding carboxylic acids is 2. The Morgan fingerprint density at radius 2 is 1.90 bits per heavy atom. The van der Waals surface area contributed by atoms with Gasteiger partial charge < -0.3 is 9.84 Å². The van der Waals surface area contributed by atoms with Crippen LogP contribution in [0.15, 0.2) is 6.07 Å². The van der Waals surface area contributed by atoms with Crippen molar-refractivity contribution in [3.8, 4) is 0 Å². The minimum Gasteiger partial charge on any atom is -0.457 e. The highest BCUT2D eigenvalue weighted by atomic mass is 32.1. The first-order valence-electron chi connectivity index (χ1n) is 5.99. The van der Waals surface area contributed by atoms with Crippen LogP contribution in [0.2, 0.25) is 0 Å². The van der Waals surface area contributed by atoms with E-state index in [1.54, 1.807) is 19.9 Å². The van der Waals surface area contributed by atoms with E-state index in [0.29, 0.717) is 12.5 Å². The molecule has 0 aliphatic carbocycles. The van der Waals surface area contributed by atoms with Crippen LogP contribution in [-0.2, 0) is 9.53 Å². The molecule has 8 heteroatoms. The van der Waals surface area contributed by atoms with Crippen molar-refractivity contribution in [2.45, 2.75) is 39.0 Å². The van der Waals surface area contributed by atoms with Gasteiger partial charge in [-0.05, 0) is 26.8 Å². The minimum absolute atomic E-state index is 0.382. The lowest BCUT2D eigenvalue weighted by Crippen LogP contribution is -2.44. The summed E-state index contributed by atoms with van der Waals surface area (Å²) >= 11 is 1.40. The van der Waals surface area contributed by atoms with Gasteiger partial charge in [0, 0.05) is 15.3 Å². The fraction of sp³-hybridized carbons (Fsp3) is 0.538. The summed E-state index contributed by atoms with van der Waals surface area (Å²) in [4.78, 5) is 24.7. The average molecular weight is 324 g/mol. The van der Waals surface area contributed by atoms with Crippen LogP contribution in [0.5, 0.6) is 0 Å². The number of aliphatic hydroxyl groups is 1. The Morgan fingerprint density at radius 1 is 1.33 bits per heavy atom. The summed E-state index contributed by atoms with van der Waals surface area (Å²) in [5.41, 5.74) is -2.80. The number of aryl methyl sites for hydroxylation is 2. The van der Waals surface area contributed by atoms with Crippen LogP contribution in [0, 0.1) is 13.8 Å². The number of halogens is 3. The molecule has 0 spiro atoms. The van der Waals surface area contributed by atoms with Crippen molar-refractivity contribution in [3.05, 3.63) is 21.4 Å². The van der Waals surface area contributed by atoms with Gasteiger partial charge in [-0.25, -0.2) is 0 Å². The van der Waals surface area contributed by atoms with Gasteiger partial charge >= 0.3 is 12.1 Å². The minimum atomic E-state index is -4.95. The third-order valence-corrected chi connectivity index (χ3v) is 3.77. The Hall–Kier alpha value is -1.41. The van der Waals surface area contributed by atoms with Gasteiger partial charge in [-0.1, -0.05) is 0 Å². The number of Topliss-reactive ketones (excluding diaryl/α,β-unsaturated/α-hetero) is 1. The standard InChI is InChI=1S/C13H15F3O4S/c1-7-4-9(8(2)21-7)10(17)6-20-11(18)5-12(3,19)13(14,15)16/h4,19H,5-6H2,1-3H3/t12-/m0/s1. The van der Waals surface area contributed by atoms with Gasteiger partial charge in [0.1, 0.15) is 0 Å². The van der Waals surface area contributed by atoms with Crippen LogP contribution in [0.25, 0.3) is 0 Å². The Bertz CT molecular complexity index is 546. The van der Waals surface area contributed by atoms with Crippen LogP contribution >= 0.6 is 11.3 Å². The molecule has 0 aliphatic rings. The van der Waals surface area contributed by atoms with E-state index in [0.717, 1.165) is 9.75 Å². The summed E-state index contributed by atoms with van der Waals surface area (Å²) < 4.78 is 41.7. The molecule has 0 aromatic carbocycles. The van der Waals surface area contributed by atoms with E-state index >= 15 is 0 Å². The summed E-state index contributed by atoms with van der Waals surface area (Å²) in [6, 6.07) is 1.63. The molecule has 1 aromatic rings. The maximum atomic E-state index is 12.4. The van der Waals surface area contributed by atoms with Gasteiger partial charge in [0.2, 0.25) is 5.78 Å². The zero-order valence-electron chi connectivity index (χ0n) is 11.7. The number of hydrogen-bond acceptors (Lipinski definition) is 5. The molecule has 118 valence electrons. The fourth-order valence-corrected chi connectivity index (χ4v) is 2.51. The van der Waals surface area contributed by atoms with Crippen molar-refractivity contribution in [1.29, 1.82) is 0 Å². The Balaban J connectivity index is 2.58. The Morgan fingerprint density at radius 3 is 2.33 bits per heavy atom. The summed E-state index contributed by atoms with van der Waals surface area (Å²) in [7, 11) is 0. The Kier molecular flexibility index (Phi) is 5.16. The van der Waals surface area contributed by atoms with Crippen LogP contribution < -0.4 is 0 Å². The predicted molar refractivity (Wildman–Crippen MR) is 70.4 cm³/mol. The number of esters is 1. The van der Waals surface area contributed by atoms with Crippen LogP contribution in [0.3, 0.4) is 0 Å². The lowest BCUT2D eigenvalue weighted by Gasteiger charge is -2.24. The molecule has 1 heterocycles. The lowest BCUT2D eigenvalue weighted by molar-refractivity contribution is -0.255. The van der Waals surface area contributed by atoms with E-state index in [2.05, 4.69) is 4.74 Å². The normalized spacial score (nSPS) is 14.6. The number of ether oxygens (including phenoxy) is 1. The van der Waals surface area contributed by atoms with E-state index < -0.39 is 36.6 Å². The van der Waals surface area contributed by atoms with Gasteiger partial charge in [0.15, 0.2) is 12.2 Å². The van der Waals surface area contributed by atoms with E-state index in [1.807, 2.05) is 0 Å². The molecular formula is C13H15F3O4S. The topological polar surface area (TPSA) is 63.6 Å². The van der Waals surface area contributed by atoms with Crippen molar-refractivity contribution in [2.24, 2.45) is 0 Å². The summed E-state index contributed by atoms with van der Waals surface area (Å²) in [6.07, 6.45) is -6.21. The number of thiophene rings is 1. The van der Waals surface area contributed by atoms with E-state index in [9.17, 15) is 22.8 Å². The molecule has 1 aromatic heterocycles. The van der Waals surface area contributed by atoms with Gasteiger partial charge in [-0.15, -0.1) is 11.3 Å². The maximum absolute atomic E-state index is 12.4. The highest BCUT2D eigenvalue weighted by Crippen LogP contribution is 2.32. The van der Waals surface area contributed by atoms with E-state index in [4.69, 9.17) is 5.11 Å². The largest absolute Gasteiger partial charge is 0.457 e. The van der Waals surface area contributed by atoms with Crippen molar-refractivity contribution >= 4 is 23.1 Å². The summed E-state index contributed by atoms with van der Waals surface area (Å²) in [5.74, 6) is -1.77. The number of ketones is 1. The zero-order chi connectivity index (χ0) is 16.4. The van der Waals surface area contributed by atoms with Crippen LogP contribution in [0.1, 0.15) is 33.5 Å². The monoisotopic (exact) mass is 324 g/mol. The second kappa shape index (κ2) is 6.15. The third kappa shape index (κ3) is 4.53. The second-order valence-corrected chi connectivity index (χ2v) is 6.32. The molecule has 1 atom stereocenters. The second-order valence-electron chi connectivity index (χ2n) is 4.86. The quantitative estimate of drug-likeness (QED) is 0.668. The molecule has 0 bridgehead atoms. The average Bonchev–Trinajstić information content (AvgIpc) is 2.63. The number of rotatable bonds is 5. The molecule has 0 saturated heterocycles. The van der Waals surface area contributed by atoms with Gasteiger partial charge in [-0.2, -0.15) is 13.2 Å². The predicted octanol–water partition coefficient (Wildman–Crippen LogP) is 2.79. The highest BCUT2D eigenvalue weighted by Gasteiger charge is 2.51. The number of alkyl halides is 3. The van der Waals surface area contributed by atoms with Gasteiger partial charge in [-0.3, -0.25) is 9.59 Å². The van der Waals surface area contributed by atoms with E-state index in [-0.39, 0.29) is 0 Å². The smallest absolute Gasteiger partial charge is 0.417 e. The molecule has 1 rings (SSSR count). The SMILES string of the molecule is Cc1cc(C(=O)COC(=O)C[C@](C)(O)C(F)(F)F)c(C)s1. The molecule has 0 radical (unpaired) electrons. The van der Waals surface area contributed by atoms with Crippen molar-refractivity contribution in [2.75, 3.05) is 6.61 Å². The molecular weight excluding hydrogens is 309 g/mol. The fourth-order valence-electron chi connectivity index (χ4n) is 1.56. The first kappa shape index (κ1) is 17.6.